The van der Waals surface area contributed by atoms with Gasteiger partial charge >= 0.3 is 0 Å². The molecule has 24 heavy (non-hydrogen) atoms. The van der Waals surface area contributed by atoms with E-state index >= 15 is 0 Å². The van der Waals surface area contributed by atoms with E-state index in [4.69, 9.17) is 9.16 Å². The molecule has 1 radical (unpaired) electrons. The smallest absolute Gasteiger partial charge is 0.274 e. The maximum absolute atomic E-state index is 6.38. The monoisotopic (exact) mass is 347 g/mol. The fourth-order valence-electron chi connectivity index (χ4n) is 3.19. The molecule has 0 amide bonds. The zero-order valence-electron chi connectivity index (χ0n) is 17.2. The summed E-state index contributed by atoms with van der Waals surface area (Å²) in [6.45, 7) is 20.0. The van der Waals surface area contributed by atoms with Crippen molar-refractivity contribution in [1.29, 1.82) is 0 Å². The number of rotatable bonds is 6. The van der Waals surface area contributed by atoms with Gasteiger partial charge in [0.1, 0.15) is 11.5 Å². The van der Waals surface area contributed by atoms with Crippen LogP contribution in [-0.2, 0) is 10.2 Å². The maximum atomic E-state index is 6.38. The molecule has 3 heteroatoms. The quantitative estimate of drug-likeness (QED) is 0.445. The Morgan fingerprint density at radius 1 is 1.00 bits per heavy atom. The number of methoxy groups -OCH3 is 1. The minimum Gasteiger partial charge on any atom is -0.542 e. The highest BCUT2D eigenvalue weighted by Crippen LogP contribution is 2.40. The number of hydrogen-bond donors (Lipinski definition) is 0. The molecule has 0 fully saturated rings. The lowest BCUT2D eigenvalue weighted by molar-refractivity contribution is 0.355. The molecule has 0 heterocycles. The molecule has 0 saturated carbocycles. The van der Waals surface area contributed by atoms with Crippen LogP contribution in [0.2, 0.25) is 13.1 Å². The van der Waals surface area contributed by atoms with Crippen molar-refractivity contribution in [2.45, 2.75) is 67.0 Å². The molecule has 135 valence electrons. The third-order valence-electron chi connectivity index (χ3n) is 4.08. The number of ether oxygens (including phenoxy) is 1. The molecular weight excluding hydrogens is 312 g/mol. The van der Waals surface area contributed by atoms with Crippen molar-refractivity contribution in [1.82, 2.24) is 0 Å². The first-order valence-electron chi connectivity index (χ1n) is 8.90. The molecule has 1 aromatic rings. The van der Waals surface area contributed by atoms with Crippen LogP contribution >= 0.6 is 0 Å². The zero-order valence-corrected chi connectivity index (χ0v) is 18.2. The second-order valence-corrected chi connectivity index (χ2v) is 10.3. The van der Waals surface area contributed by atoms with Crippen LogP contribution in [0.15, 0.2) is 23.8 Å². The van der Waals surface area contributed by atoms with E-state index in [9.17, 15) is 0 Å². The van der Waals surface area contributed by atoms with E-state index in [2.05, 4.69) is 79.8 Å². The van der Waals surface area contributed by atoms with Gasteiger partial charge in [-0.15, -0.1) is 0 Å². The number of hydrogen-bond acceptors (Lipinski definition) is 2. The lowest BCUT2D eigenvalue weighted by atomic mass is 9.83. The van der Waals surface area contributed by atoms with Crippen LogP contribution in [0.1, 0.15) is 59.6 Å². The van der Waals surface area contributed by atoms with Crippen molar-refractivity contribution in [2.75, 3.05) is 7.11 Å². The van der Waals surface area contributed by atoms with E-state index in [0.29, 0.717) is 11.8 Å². The SMILES string of the molecule is COC(=C(C(C)C)C(C)C)c1cccc(C(C)(C)C)c1O[Si](C)C. The lowest BCUT2D eigenvalue weighted by Gasteiger charge is -2.28. The summed E-state index contributed by atoms with van der Waals surface area (Å²) in [6.07, 6.45) is 0. The van der Waals surface area contributed by atoms with Gasteiger partial charge in [-0.25, -0.2) is 0 Å². The minimum atomic E-state index is -0.875. The van der Waals surface area contributed by atoms with Crippen LogP contribution in [0.3, 0.4) is 0 Å². The van der Waals surface area contributed by atoms with E-state index < -0.39 is 9.04 Å². The molecule has 0 bridgehead atoms. The highest BCUT2D eigenvalue weighted by molar-refractivity contribution is 6.49. The van der Waals surface area contributed by atoms with Gasteiger partial charge in [-0.1, -0.05) is 60.6 Å². The van der Waals surface area contributed by atoms with E-state index in [1.807, 2.05) is 0 Å². The predicted molar refractivity (Wildman–Crippen MR) is 107 cm³/mol. The van der Waals surface area contributed by atoms with Crippen molar-refractivity contribution in [3.8, 4) is 5.75 Å². The third-order valence-corrected chi connectivity index (χ3v) is 4.70. The fourth-order valence-corrected chi connectivity index (χ4v) is 3.82. The van der Waals surface area contributed by atoms with Crippen LogP contribution in [0.25, 0.3) is 5.76 Å². The van der Waals surface area contributed by atoms with Crippen molar-refractivity contribution >= 4 is 14.8 Å². The number of allylic oxidation sites excluding steroid dienone is 1. The van der Waals surface area contributed by atoms with E-state index in [0.717, 1.165) is 17.1 Å². The first kappa shape index (κ1) is 20.8. The van der Waals surface area contributed by atoms with Gasteiger partial charge in [0.15, 0.2) is 0 Å². The fraction of sp³-hybridized carbons (Fsp3) is 0.619. The molecule has 0 N–H and O–H groups in total. The van der Waals surface area contributed by atoms with Crippen molar-refractivity contribution < 1.29 is 9.16 Å². The Labute approximate surface area is 151 Å². The van der Waals surface area contributed by atoms with Gasteiger partial charge in [-0.2, -0.15) is 0 Å². The molecule has 0 aliphatic rings. The lowest BCUT2D eigenvalue weighted by Crippen LogP contribution is -2.20. The summed E-state index contributed by atoms with van der Waals surface area (Å²) in [4.78, 5) is 0. The summed E-state index contributed by atoms with van der Waals surface area (Å²) >= 11 is 0. The van der Waals surface area contributed by atoms with Crippen LogP contribution in [0.5, 0.6) is 5.75 Å². The first-order chi connectivity index (χ1) is 11.0. The minimum absolute atomic E-state index is 0.0251. The second kappa shape index (κ2) is 8.24. The van der Waals surface area contributed by atoms with Gasteiger partial charge in [0.2, 0.25) is 0 Å². The molecule has 0 saturated heterocycles. The number of benzene rings is 1. The summed E-state index contributed by atoms with van der Waals surface area (Å²) < 4.78 is 12.3. The van der Waals surface area contributed by atoms with Crippen LogP contribution in [0, 0.1) is 11.8 Å². The molecule has 0 spiro atoms. The Balaban J connectivity index is 3.76. The molecule has 0 atom stereocenters. The van der Waals surface area contributed by atoms with Crippen LogP contribution in [0.4, 0.5) is 0 Å². The van der Waals surface area contributed by atoms with Gasteiger partial charge in [0.25, 0.3) is 9.04 Å². The topological polar surface area (TPSA) is 18.5 Å². The second-order valence-electron chi connectivity index (χ2n) is 8.24. The first-order valence-corrected chi connectivity index (χ1v) is 11.3. The summed E-state index contributed by atoms with van der Waals surface area (Å²) in [7, 11) is 0.900. The molecule has 0 aliphatic heterocycles. The summed E-state index contributed by atoms with van der Waals surface area (Å²) in [5, 5.41) is 0. The van der Waals surface area contributed by atoms with Gasteiger partial charge in [-0.05, 0) is 47.5 Å². The molecule has 0 aromatic heterocycles. The normalized spacial score (nSPS) is 12.0. The van der Waals surface area contributed by atoms with Crippen molar-refractivity contribution in [2.24, 2.45) is 11.8 Å². The van der Waals surface area contributed by atoms with Crippen molar-refractivity contribution in [3.05, 3.63) is 34.9 Å². The summed E-state index contributed by atoms with van der Waals surface area (Å²) in [5.74, 6) is 2.84. The van der Waals surface area contributed by atoms with E-state index in [-0.39, 0.29) is 5.41 Å². The molecule has 1 aromatic carbocycles. The summed E-state index contributed by atoms with van der Waals surface area (Å²) in [6, 6.07) is 6.44. The maximum Gasteiger partial charge on any atom is 0.274 e. The average Bonchev–Trinajstić information content (AvgIpc) is 2.42. The highest BCUT2D eigenvalue weighted by atomic mass is 28.3. The van der Waals surface area contributed by atoms with Gasteiger partial charge in [-0.3, -0.25) is 0 Å². The van der Waals surface area contributed by atoms with Crippen molar-refractivity contribution in [3.63, 3.8) is 0 Å². The Hall–Kier alpha value is -1.22. The predicted octanol–water partition coefficient (Wildman–Crippen LogP) is 6.28. The van der Waals surface area contributed by atoms with Crippen LogP contribution < -0.4 is 4.43 Å². The van der Waals surface area contributed by atoms with Gasteiger partial charge in [0.05, 0.1) is 12.7 Å². The number of para-hydroxylation sites is 1. The van der Waals surface area contributed by atoms with E-state index in [1.165, 1.54) is 11.1 Å². The molecule has 1 rings (SSSR count). The van der Waals surface area contributed by atoms with Crippen LogP contribution in [-0.4, -0.2) is 16.2 Å². The third kappa shape index (κ3) is 4.89. The Bertz CT molecular complexity index is 568. The summed E-state index contributed by atoms with van der Waals surface area (Å²) in [5.41, 5.74) is 3.70. The average molecular weight is 348 g/mol. The zero-order chi connectivity index (χ0) is 18.7. The Morgan fingerprint density at radius 2 is 1.54 bits per heavy atom. The van der Waals surface area contributed by atoms with Gasteiger partial charge in [0, 0.05) is 0 Å². The largest absolute Gasteiger partial charge is 0.542 e. The Kier molecular flexibility index (Phi) is 7.15. The van der Waals surface area contributed by atoms with Gasteiger partial charge < -0.3 is 9.16 Å². The molecule has 0 aliphatic carbocycles. The standard InChI is InChI=1S/C21H35O2Si/c1-14(2)18(15(3)4)20(22-8)16-12-11-13-17(21(5,6)7)19(16)23-24(9)10/h11-15H,1-10H3. The highest BCUT2D eigenvalue weighted by Gasteiger charge is 2.26. The Morgan fingerprint density at radius 3 is 1.92 bits per heavy atom. The molecule has 2 nitrogen and oxygen atoms in total. The molecular formula is C21H35O2Si. The molecule has 0 unspecified atom stereocenters. The van der Waals surface area contributed by atoms with E-state index in [1.54, 1.807) is 7.11 Å².